The van der Waals surface area contributed by atoms with E-state index >= 15 is 0 Å². The molecule has 1 amide bonds. The number of hydrogen-bond acceptors (Lipinski definition) is 3. The van der Waals surface area contributed by atoms with Gasteiger partial charge in [0, 0.05) is 47.2 Å². The Balaban J connectivity index is 1.54. The van der Waals surface area contributed by atoms with Crippen LogP contribution in [0.5, 0.6) is 0 Å². The van der Waals surface area contributed by atoms with E-state index in [4.69, 9.17) is 4.74 Å². The summed E-state index contributed by atoms with van der Waals surface area (Å²) in [5.74, 6) is -0.716. The van der Waals surface area contributed by atoms with Crippen LogP contribution >= 0.6 is 0 Å². The molecule has 0 aliphatic carbocycles. The predicted octanol–water partition coefficient (Wildman–Crippen LogP) is 4.70. The molecule has 32 heavy (non-hydrogen) atoms. The molecule has 0 N–H and O–H groups in total. The van der Waals surface area contributed by atoms with Crippen LogP contribution in [0.3, 0.4) is 0 Å². The van der Waals surface area contributed by atoms with Crippen molar-refractivity contribution in [1.82, 2.24) is 9.47 Å². The van der Waals surface area contributed by atoms with Crippen molar-refractivity contribution < 1.29 is 18.7 Å². The fourth-order valence-electron chi connectivity index (χ4n) is 4.69. The van der Waals surface area contributed by atoms with E-state index in [-0.39, 0.29) is 24.2 Å². The highest BCUT2D eigenvalue weighted by molar-refractivity contribution is 6.07. The number of carbonyl (C=O) groups excluding carboxylic acids is 2. The van der Waals surface area contributed by atoms with Crippen LogP contribution in [-0.2, 0) is 29.0 Å². The molecule has 5 rings (SSSR count). The van der Waals surface area contributed by atoms with Crippen LogP contribution in [-0.4, -0.2) is 34.5 Å². The SMILES string of the molecule is CCOC(=O)Cn1c2c(c3cc(F)ccc31)CN(C(=O)c1cccc3ccccc13)CC2. The van der Waals surface area contributed by atoms with Gasteiger partial charge in [0.2, 0.25) is 0 Å². The van der Waals surface area contributed by atoms with Crippen LogP contribution in [0.4, 0.5) is 4.39 Å². The first-order chi connectivity index (χ1) is 15.6. The van der Waals surface area contributed by atoms with E-state index in [2.05, 4.69) is 0 Å². The fraction of sp³-hybridized carbons (Fsp3) is 0.231. The van der Waals surface area contributed by atoms with Crippen molar-refractivity contribution in [1.29, 1.82) is 0 Å². The van der Waals surface area contributed by atoms with Crippen molar-refractivity contribution in [3.05, 3.63) is 83.3 Å². The number of halogens is 1. The Morgan fingerprint density at radius 2 is 1.84 bits per heavy atom. The summed E-state index contributed by atoms with van der Waals surface area (Å²) in [6.45, 7) is 3.04. The standard InChI is InChI=1S/C26H23FN2O3/c1-2-32-25(30)16-29-23-11-10-18(27)14-21(23)22-15-28(13-12-24(22)29)26(31)20-9-5-7-17-6-3-4-8-19(17)20/h3-11,14H,2,12-13,15-16H2,1H3. The van der Waals surface area contributed by atoms with Crippen molar-refractivity contribution in [2.24, 2.45) is 0 Å². The number of esters is 1. The first kappa shape index (κ1) is 20.2. The molecule has 0 radical (unpaired) electrons. The normalized spacial score (nSPS) is 13.4. The second kappa shape index (κ2) is 8.11. The number of benzene rings is 3. The lowest BCUT2D eigenvalue weighted by Gasteiger charge is -2.29. The molecule has 1 aliphatic heterocycles. The molecule has 4 aromatic rings. The number of fused-ring (bicyclic) bond motifs is 4. The molecule has 0 fully saturated rings. The molecule has 1 aliphatic rings. The van der Waals surface area contributed by atoms with E-state index in [0.29, 0.717) is 31.7 Å². The number of nitrogens with zero attached hydrogens (tertiary/aromatic N) is 2. The molecule has 0 bridgehead atoms. The van der Waals surface area contributed by atoms with Gasteiger partial charge in [0.15, 0.2) is 0 Å². The van der Waals surface area contributed by atoms with Gasteiger partial charge in [-0.25, -0.2) is 4.39 Å². The molecule has 0 atom stereocenters. The number of aromatic nitrogens is 1. The highest BCUT2D eigenvalue weighted by atomic mass is 19.1. The first-order valence-corrected chi connectivity index (χ1v) is 10.8. The Bertz CT molecular complexity index is 1350. The largest absolute Gasteiger partial charge is 0.465 e. The average molecular weight is 430 g/mol. The maximum atomic E-state index is 14.1. The quantitative estimate of drug-likeness (QED) is 0.441. The van der Waals surface area contributed by atoms with Crippen LogP contribution in [0.15, 0.2) is 60.7 Å². The summed E-state index contributed by atoms with van der Waals surface area (Å²) in [4.78, 5) is 27.5. The van der Waals surface area contributed by atoms with Gasteiger partial charge in [-0.2, -0.15) is 0 Å². The Morgan fingerprint density at radius 3 is 2.69 bits per heavy atom. The van der Waals surface area contributed by atoms with Gasteiger partial charge in [0.05, 0.1) is 6.61 Å². The molecule has 3 aromatic carbocycles. The number of amides is 1. The van der Waals surface area contributed by atoms with Crippen LogP contribution in [0.1, 0.15) is 28.5 Å². The zero-order valence-electron chi connectivity index (χ0n) is 17.8. The van der Waals surface area contributed by atoms with Gasteiger partial charge in [-0.3, -0.25) is 9.59 Å². The molecule has 0 saturated carbocycles. The van der Waals surface area contributed by atoms with Gasteiger partial charge >= 0.3 is 5.97 Å². The zero-order chi connectivity index (χ0) is 22.2. The Labute approximate surface area is 185 Å². The maximum absolute atomic E-state index is 14.1. The summed E-state index contributed by atoms with van der Waals surface area (Å²) >= 11 is 0. The average Bonchev–Trinajstić information content (AvgIpc) is 3.10. The number of ether oxygens (including phenoxy) is 1. The Morgan fingerprint density at radius 1 is 1.03 bits per heavy atom. The van der Waals surface area contributed by atoms with E-state index in [0.717, 1.165) is 32.9 Å². The molecule has 0 unspecified atom stereocenters. The maximum Gasteiger partial charge on any atom is 0.325 e. The van der Waals surface area contributed by atoms with E-state index in [9.17, 15) is 14.0 Å². The summed E-state index contributed by atoms with van der Waals surface area (Å²) in [7, 11) is 0. The minimum absolute atomic E-state index is 0.0462. The number of carbonyl (C=O) groups is 2. The van der Waals surface area contributed by atoms with Crippen molar-refractivity contribution in [3.63, 3.8) is 0 Å². The zero-order valence-corrected chi connectivity index (χ0v) is 17.8. The van der Waals surface area contributed by atoms with E-state index in [1.807, 2.05) is 51.9 Å². The predicted molar refractivity (Wildman–Crippen MR) is 121 cm³/mol. The number of rotatable bonds is 4. The lowest BCUT2D eigenvalue weighted by molar-refractivity contribution is -0.143. The number of hydrogen-bond donors (Lipinski definition) is 0. The van der Waals surface area contributed by atoms with Crippen LogP contribution in [0.2, 0.25) is 0 Å². The van der Waals surface area contributed by atoms with Crippen LogP contribution in [0, 0.1) is 5.82 Å². The molecule has 0 saturated heterocycles. The minimum Gasteiger partial charge on any atom is -0.465 e. The molecular formula is C26H23FN2O3. The van der Waals surface area contributed by atoms with Crippen LogP contribution in [0.25, 0.3) is 21.7 Å². The molecule has 2 heterocycles. The molecule has 6 heteroatoms. The van der Waals surface area contributed by atoms with Crippen molar-refractivity contribution in [3.8, 4) is 0 Å². The highest BCUT2D eigenvalue weighted by Crippen LogP contribution is 2.33. The van der Waals surface area contributed by atoms with Gasteiger partial charge < -0.3 is 14.2 Å². The monoisotopic (exact) mass is 430 g/mol. The fourth-order valence-corrected chi connectivity index (χ4v) is 4.69. The highest BCUT2D eigenvalue weighted by Gasteiger charge is 2.28. The lowest BCUT2D eigenvalue weighted by Crippen LogP contribution is -2.36. The third-order valence-electron chi connectivity index (χ3n) is 6.12. The van der Waals surface area contributed by atoms with Crippen LogP contribution < -0.4 is 0 Å². The third kappa shape index (κ3) is 3.42. The Kier molecular flexibility index (Phi) is 5.13. The molecule has 1 aromatic heterocycles. The summed E-state index contributed by atoms with van der Waals surface area (Å²) in [6.07, 6.45) is 0.585. The van der Waals surface area contributed by atoms with E-state index < -0.39 is 0 Å². The van der Waals surface area contributed by atoms with Gasteiger partial charge in [-0.1, -0.05) is 36.4 Å². The smallest absolute Gasteiger partial charge is 0.325 e. The lowest BCUT2D eigenvalue weighted by atomic mass is 10.0. The topological polar surface area (TPSA) is 51.5 Å². The second-order valence-electron chi connectivity index (χ2n) is 7.98. The summed E-state index contributed by atoms with van der Waals surface area (Å²) in [5, 5.41) is 2.67. The molecular weight excluding hydrogens is 407 g/mol. The third-order valence-corrected chi connectivity index (χ3v) is 6.12. The second-order valence-corrected chi connectivity index (χ2v) is 7.98. The van der Waals surface area contributed by atoms with E-state index in [1.165, 1.54) is 12.1 Å². The van der Waals surface area contributed by atoms with Gasteiger partial charge in [-0.05, 0) is 42.0 Å². The van der Waals surface area contributed by atoms with Crippen molar-refractivity contribution in [2.45, 2.75) is 26.4 Å². The summed E-state index contributed by atoms with van der Waals surface area (Å²) in [6, 6.07) is 18.2. The van der Waals surface area contributed by atoms with Gasteiger partial charge in [0.1, 0.15) is 12.4 Å². The first-order valence-electron chi connectivity index (χ1n) is 10.8. The van der Waals surface area contributed by atoms with Gasteiger partial charge in [0.25, 0.3) is 5.91 Å². The van der Waals surface area contributed by atoms with Crippen molar-refractivity contribution >= 4 is 33.6 Å². The molecule has 0 spiro atoms. The van der Waals surface area contributed by atoms with Gasteiger partial charge in [-0.15, -0.1) is 0 Å². The Hall–Kier alpha value is -3.67. The molecule has 5 nitrogen and oxygen atoms in total. The summed E-state index contributed by atoms with van der Waals surface area (Å²) in [5.41, 5.74) is 3.29. The molecule has 162 valence electrons. The van der Waals surface area contributed by atoms with E-state index in [1.54, 1.807) is 13.0 Å². The summed E-state index contributed by atoms with van der Waals surface area (Å²) < 4.78 is 21.2. The minimum atomic E-state index is -0.342. The van der Waals surface area contributed by atoms with Crippen molar-refractivity contribution in [2.75, 3.05) is 13.2 Å².